The monoisotopic (exact) mass is 298 g/mol. The Labute approximate surface area is 109 Å². The standard InChI is InChI=1S/C12H15BrN2O2/c1-8-6-9(2-3-10(8)13)15-5-4-14-7-11(15)12(16)17/h2-3,6,11,14H,4-5,7H2,1H3,(H,16,17). The van der Waals surface area contributed by atoms with Gasteiger partial charge in [0, 0.05) is 29.8 Å². The third-order valence-corrected chi connectivity index (χ3v) is 3.89. The van der Waals surface area contributed by atoms with Gasteiger partial charge in [0.15, 0.2) is 0 Å². The molecule has 0 aliphatic carbocycles. The van der Waals surface area contributed by atoms with Crippen molar-refractivity contribution in [3.63, 3.8) is 0 Å². The minimum atomic E-state index is -0.780. The molecule has 0 radical (unpaired) electrons. The van der Waals surface area contributed by atoms with Gasteiger partial charge < -0.3 is 15.3 Å². The lowest BCUT2D eigenvalue weighted by molar-refractivity contribution is -0.138. The van der Waals surface area contributed by atoms with Crippen LogP contribution in [0.25, 0.3) is 0 Å². The van der Waals surface area contributed by atoms with Crippen LogP contribution in [-0.2, 0) is 4.79 Å². The van der Waals surface area contributed by atoms with E-state index in [1.165, 1.54) is 0 Å². The molecular weight excluding hydrogens is 284 g/mol. The summed E-state index contributed by atoms with van der Waals surface area (Å²) in [4.78, 5) is 13.1. The lowest BCUT2D eigenvalue weighted by Crippen LogP contribution is -2.55. The number of hydrogen-bond donors (Lipinski definition) is 2. The second kappa shape index (κ2) is 5.06. The number of nitrogens with one attached hydrogen (secondary N) is 1. The fraction of sp³-hybridized carbons (Fsp3) is 0.417. The van der Waals surface area contributed by atoms with E-state index in [4.69, 9.17) is 0 Å². The molecule has 0 bridgehead atoms. The molecular formula is C12H15BrN2O2. The summed E-state index contributed by atoms with van der Waals surface area (Å²) in [6.07, 6.45) is 0. The van der Waals surface area contributed by atoms with Crippen LogP contribution in [0.4, 0.5) is 5.69 Å². The van der Waals surface area contributed by atoms with Crippen molar-refractivity contribution < 1.29 is 9.90 Å². The van der Waals surface area contributed by atoms with Crippen molar-refractivity contribution in [1.82, 2.24) is 5.32 Å². The highest BCUT2D eigenvalue weighted by Gasteiger charge is 2.28. The van der Waals surface area contributed by atoms with E-state index in [-0.39, 0.29) is 0 Å². The summed E-state index contributed by atoms with van der Waals surface area (Å²) in [6, 6.07) is 5.46. The lowest BCUT2D eigenvalue weighted by Gasteiger charge is -2.35. The van der Waals surface area contributed by atoms with E-state index in [0.29, 0.717) is 6.54 Å². The normalized spacial score (nSPS) is 20.4. The summed E-state index contributed by atoms with van der Waals surface area (Å²) in [5.41, 5.74) is 2.09. The zero-order chi connectivity index (χ0) is 12.4. The number of carboxylic acids is 1. The molecule has 0 amide bonds. The molecule has 2 rings (SSSR count). The minimum absolute atomic E-state index is 0.482. The average Bonchev–Trinajstić information content (AvgIpc) is 2.32. The molecule has 17 heavy (non-hydrogen) atoms. The number of aryl methyl sites for hydroxylation is 1. The van der Waals surface area contributed by atoms with Crippen LogP contribution < -0.4 is 10.2 Å². The minimum Gasteiger partial charge on any atom is -0.480 e. The maximum absolute atomic E-state index is 11.2. The van der Waals surface area contributed by atoms with Gasteiger partial charge in [-0.15, -0.1) is 0 Å². The largest absolute Gasteiger partial charge is 0.480 e. The number of nitrogens with zero attached hydrogens (tertiary/aromatic N) is 1. The first-order chi connectivity index (χ1) is 8.09. The quantitative estimate of drug-likeness (QED) is 0.871. The van der Waals surface area contributed by atoms with Crippen LogP contribution in [0.1, 0.15) is 5.56 Å². The summed E-state index contributed by atoms with van der Waals surface area (Å²) in [5.74, 6) is -0.780. The van der Waals surface area contributed by atoms with E-state index in [1.807, 2.05) is 30.0 Å². The predicted molar refractivity (Wildman–Crippen MR) is 70.5 cm³/mol. The Morgan fingerprint density at radius 2 is 2.35 bits per heavy atom. The fourth-order valence-electron chi connectivity index (χ4n) is 2.04. The zero-order valence-electron chi connectivity index (χ0n) is 9.61. The topological polar surface area (TPSA) is 52.6 Å². The van der Waals surface area contributed by atoms with Crippen molar-refractivity contribution in [2.24, 2.45) is 0 Å². The van der Waals surface area contributed by atoms with E-state index in [1.54, 1.807) is 0 Å². The van der Waals surface area contributed by atoms with Crippen LogP contribution in [0.5, 0.6) is 0 Å². The second-order valence-electron chi connectivity index (χ2n) is 4.19. The molecule has 1 fully saturated rings. The summed E-state index contributed by atoms with van der Waals surface area (Å²) in [5, 5.41) is 12.3. The Balaban J connectivity index is 2.29. The van der Waals surface area contributed by atoms with Crippen LogP contribution in [-0.4, -0.2) is 36.8 Å². The van der Waals surface area contributed by atoms with Gasteiger partial charge in [-0.2, -0.15) is 0 Å². The number of rotatable bonds is 2. The molecule has 92 valence electrons. The highest BCUT2D eigenvalue weighted by atomic mass is 79.9. The Kier molecular flexibility index (Phi) is 3.69. The number of carbonyl (C=O) groups is 1. The zero-order valence-corrected chi connectivity index (χ0v) is 11.2. The number of benzene rings is 1. The van der Waals surface area contributed by atoms with Crippen molar-refractivity contribution >= 4 is 27.6 Å². The Morgan fingerprint density at radius 1 is 1.59 bits per heavy atom. The molecule has 2 N–H and O–H groups in total. The van der Waals surface area contributed by atoms with Crippen LogP contribution in [0.2, 0.25) is 0 Å². The Morgan fingerprint density at radius 3 is 3.00 bits per heavy atom. The van der Waals surface area contributed by atoms with Gasteiger partial charge in [0.25, 0.3) is 0 Å². The summed E-state index contributed by atoms with van der Waals surface area (Å²) in [7, 11) is 0. The number of carboxylic acid groups (broad SMARTS) is 1. The van der Waals surface area contributed by atoms with Gasteiger partial charge >= 0.3 is 5.97 Å². The SMILES string of the molecule is Cc1cc(N2CCNCC2C(=O)O)ccc1Br. The molecule has 1 aromatic rings. The third-order valence-electron chi connectivity index (χ3n) is 3.00. The molecule has 1 heterocycles. The molecule has 0 saturated carbocycles. The van der Waals surface area contributed by atoms with Crippen LogP contribution in [0.3, 0.4) is 0 Å². The fourth-order valence-corrected chi connectivity index (χ4v) is 2.29. The molecule has 0 aromatic heterocycles. The van der Waals surface area contributed by atoms with Gasteiger partial charge in [-0.3, -0.25) is 0 Å². The van der Waals surface area contributed by atoms with Gasteiger partial charge in [-0.25, -0.2) is 4.79 Å². The van der Waals surface area contributed by atoms with E-state index in [0.717, 1.165) is 28.8 Å². The van der Waals surface area contributed by atoms with Crippen molar-refractivity contribution in [1.29, 1.82) is 0 Å². The number of aliphatic carboxylic acids is 1. The highest BCUT2D eigenvalue weighted by molar-refractivity contribution is 9.10. The van der Waals surface area contributed by atoms with Gasteiger partial charge in [-0.05, 0) is 30.7 Å². The molecule has 1 unspecified atom stereocenters. The molecule has 0 spiro atoms. The van der Waals surface area contributed by atoms with E-state index < -0.39 is 12.0 Å². The van der Waals surface area contributed by atoms with Crippen LogP contribution >= 0.6 is 15.9 Å². The van der Waals surface area contributed by atoms with E-state index >= 15 is 0 Å². The third kappa shape index (κ3) is 2.61. The van der Waals surface area contributed by atoms with E-state index in [2.05, 4.69) is 21.2 Å². The molecule has 4 nitrogen and oxygen atoms in total. The molecule has 1 aliphatic heterocycles. The van der Waals surface area contributed by atoms with Gasteiger partial charge in [-0.1, -0.05) is 15.9 Å². The average molecular weight is 299 g/mol. The van der Waals surface area contributed by atoms with Gasteiger partial charge in [0.1, 0.15) is 6.04 Å². The van der Waals surface area contributed by atoms with Gasteiger partial charge in [0.2, 0.25) is 0 Å². The molecule has 1 saturated heterocycles. The smallest absolute Gasteiger partial charge is 0.327 e. The van der Waals surface area contributed by atoms with Crippen molar-refractivity contribution in [3.8, 4) is 0 Å². The van der Waals surface area contributed by atoms with Crippen molar-refractivity contribution in [2.75, 3.05) is 24.5 Å². The summed E-state index contributed by atoms with van der Waals surface area (Å²) < 4.78 is 1.04. The Hall–Kier alpha value is -1.07. The van der Waals surface area contributed by atoms with Crippen molar-refractivity contribution in [2.45, 2.75) is 13.0 Å². The first kappa shape index (κ1) is 12.4. The van der Waals surface area contributed by atoms with Gasteiger partial charge in [0.05, 0.1) is 0 Å². The van der Waals surface area contributed by atoms with Crippen molar-refractivity contribution in [3.05, 3.63) is 28.2 Å². The number of anilines is 1. The second-order valence-corrected chi connectivity index (χ2v) is 5.04. The van der Waals surface area contributed by atoms with E-state index in [9.17, 15) is 9.90 Å². The maximum atomic E-state index is 11.2. The summed E-state index contributed by atoms with van der Waals surface area (Å²) >= 11 is 3.45. The number of hydrogen-bond acceptors (Lipinski definition) is 3. The first-order valence-corrected chi connectivity index (χ1v) is 6.35. The lowest BCUT2D eigenvalue weighted by atomic mass is 10.1. The molecule has 1 aliphatic rings. The molecule has 1 aromatic carbocycles. The van der Waals surface area contributed by atoms with Crippen LogP contribution in [0, 0.1) is 6.92 Å². The Bertz CT molecular complexity index is 437. The predicted octanol–water partition coefficient (Wildman–Crippen LogP) is 1.62. The first-order valence-electron chi connectivity index (χ1n) is 5.56. The molecule has 1 atom stereocenters. The highest BCUT2D eigenvalue weighted by Crippen LogP contribution is 2.24. The molecule has 5 heteroatoms. The maximum Gasteiger partial charge on any atom is 0.327 e. The number of piperazine rings is 1. The summed E-state index contributed by atoms with van der Waals surface area (Å²) in [6.45, 7) is 4.03. The number of halogens is 1. The van der Waals surface area contributed by atoms with Crippen LogP contribution in [0.15, 0.2) is 22.7 Å².